The summed E-state index contributed by atoms with van der Waals surface area (Å²) in [5.74, 6) is 0.0693. The van der Waals surface area contributed by atoms with E-state index in [1.54, 1.807) is 0 Å². The Hall–Kier alpha value is -0.648. The van der Waals surface area contributed by atoms with E-state index in [0.29, 0.717) is 22.7 Å². The van der Waals surface area contributed by atoms with Crippen LogP contribution in [-0.2, 0) is 17.0 Å². The maximum absolute atomic E-state index is 12.4. The molecule has 82 valence electrons. The lowest BCUT2D eigenvalue weighted by Gasteiger charge is -2.10. The van der Waals surface area contributed by atoms with Gasteiger partial charge in [-0.05, 0) is 0 Å². The Balaban J connectivity index is 3.34. The van der Waals surface area contributed by atoms with Crippen LogP contribution < -0.4 is 4.30 Å². The molecule has 1 aromatic heterocycles. The number of anilines is 1. The number of alkyl halides is 3. The van der Waals surface area contributed by atoms with E-state index in [1.807, 2.05) is 0 Å². The van der Waals surface area contributed by atoms with Crippen molar-refractivity contribution in [2.45, 2.75) is 11.2 Å². The highest BCUT2D eigenvalue weighted by Crippen LogP contribution is 2.32. The van der Waals surface area contributed by atoms with Crippen molar-refractivity contribution >= 4 is 33.3 Å². The average Bonchev–Trinajstić information content (AvgIpc) is 2.15. The fraction of sp³-hybridized carbons (Fsp3) is 0.333. The number of hydrogen-bond donors (Lipinski definition) is 1. The van der Waals surface area contributed by atoms with Crippen LogP contribution in [0.3, 0.4) is 0 Å². The molecule has 0 bridgehead atoms. The first-order valence-electron chi connectivity index (χ1n) is 3.81. The van der Waals surface area contributed by atoms with Gasteiger partial charge in [0.1, 0.15) is 10.6 Å². The number of nitrogens with zero attached hydrogens (tertiary/aromatic N) is 2. The van der Waals surface area contributed by atoms with Crippen LogP contribution in [0.15, 0.2) is 11.2 Å². The first-order chi connectivity index (χ1) is 6.86. The molecule has 0 saturated carbocycles. The SMILES string of the molecule is CS(=O)c1nc([NH][AlH2])ncc1C(F)(F)F. The highest BCUT2D eigenvalue weighted by Gasteiger charge is 2.36. The number of aromatic nitrogens is 2. The Kier molecular flexibility index (Phi) is 3.70. The molecule has 1 atom stereocenters. The molecule has 0 radical (unpaired) electrons. The Morgan fingerprint density at radius 1 is 1.53 bits per heavy atom. The first kappa shape index (κ1) is 12.4. The highest BCUT2D eigenvalue weighted by atomic mass is 32.2. The fourth-order valence-electron chi connectivity index (χ4n) is 0.900. The van der Waals surface area contributed by atoms with Gasteiger partial charge in [-0.25, -0.2) is 9.97 Å². The third-order valence-electron chi connectivity index (χ3n) is 1.56. The van der Waals surface area contributed by atoms with Crippen LogP contribution >= 0.6 is 0 Å². The Bertz CT molecular complexity index is 398. The monoisotopic (exact) mass is 253 g/mol. The topological polar surface area (TPSA) is 54.9 Å². The van der Waals surface area contributed by atoms with Gasteiger partial charge < -0.3 is 4.30 Å². The predicted molar refractivity (Wildman–Crippen MR) is 51.5 cm³/mol. The van der Waals surface area contributed by atoms with E-state index in [4.69, 9.17) is 0 Å². The molecule has 1 unspecified atom stereocenters. The molecule has 1 aromatic rings. The zero-order valence-corrected chi connectivity index (χ0v) is 10.7. The first-order valence-corrected chi connectivity index (χ1v) is 6.37. The molecular formula is C6H7AlF3N3OS. The lowest BCUT2D eigenvalue weighted by molar-refractivity contribution is -0.140. The Morgan fingerprint density at radius 2 is 2.13 bits per heavy atom. The van der Waals surface area contributed by atoms with Gasteiger partial charge >= 0.3 is 22.7 Å². The second-order valence-corrected chi connectivity index (χ2v) is 4.41. The van der Waals surface area contributed by atoms with E-state index >= 15 is 0 Å². The summed E-state index contributed by atoms with van der Waals surface area (Å²) in [7, 11) is -1.79. The fourth-order valence-corrected chi connectivity index (χ4v) is 1.83. The third-order valence-corrected chi connectivity index (χ3v) is 2.86. The van der Waals surface area contributed by atoms with Gasteiger partial charge in [-0.2, -0.15) is 13.2 Å². The minimum Gasteiger partial charge on any atom is -0.451 e. The largest absolute Gasteiger partial charge is 0.451 e. The minimum absolute atomic E-state index is 0.0693. The molecule has 9 heteroatoms. The van der Waals surface area contributed by atoms with E-state index in [1.165, 1.54) is 0 Å². The molecule has 1 N–H and O–H groups in total. The normalized spacial score (nSPS) is 13.6. The summed E-state index contributed by atoms with van der Waals surface area (Å²) in [6.45, 7) is 0. The summed E-state index contributed by atoms with van der Waals surface area (Å²) in [4.78, 5) is 7.01. The second-order valence-electron chi connectivity index (χ2n) is 2.61. The van der Waals surface area contributed by atoms with Crippen molar-refractivity contribution in [3.63, 3.8) is 0 Å². The maximum Gasteiger partial charge on any atom is 0.420 e. The quantitative estimate of drug-likeness (QED) is 0.604. The zero-order valence-electron chi connectivity index (χ0n) is 7.92. The molecule has 0 aliphatic heterocycles. The number of hydrogen-bond acceptors (Lipinski definition) is 4. The van der Waals surface area contributed by atoms with E-state index in [2.05, 4.69) is 14.3 Å². The summed E-state index contributed by atoms with van der Waals surface area (Å²) >= 11 is 0.502. The Morgan fingerprint density at radius 3 is 2.53 bits per heavy atom. The van der Waals surface area contributed by atoms with Crippen LogP contribution in [0.2, 0.25) is 0 Å². The molecule has 0 spiro atoms. The van der Waals surface area contributed by atoms with Crippen molar-refractivity contribution < 1.29 is 17.4 Å². The van der Waals surface area contributed by atoms with E-state index in [-0.39, 0.29) is 5.95 Å². The molecule has 0 fully saturated rings. The molecule has 4 nitrogen and oxygen atoms in total. The van der Waals surface area contributed by atoms with Gasteiger partial charge in [0.25, 0.3) is 0 Å². The van der Waals surface area contributed by atoms with Crippen molar-refractivity contribution in [2.24, 2.45) is 0 Å². The van der Waals surface area contributed by atoms with Crippen LogP contribution in [0.4, 0.5) is 19.1 Å². The van der Waals surface area contributed by atoms with Crippen LogP contribution in [0.25, 0.3) is 0 Å². The zero-order chi connectivity index (χ0) is 11.6. The van der Waals surface area contributed by atoms with Crippen LogP contribution in [-0.4, -0.2) is 36.9 Å². The molecule has 1 heterocycles. The minimum atomic E-state index is -4.58. The summed E-state index contributed by atoms with van der Waals surface area (Å²) in [6.07, 6.45) is -2.79. The van der Waals surface area contributed by atoms with Gasteiger partial charge in [0.2, 0.25) is 0 Å². The summed E-state index contributed by atoms with van der Waals surface area (Å²) in [5.41, 5.74) is -1.05. The van der Waals surface area contributed by atoms with Crippen molar-refractivity contribution in [2.75, 3.05) is 10.6 Å². The molecule has 15 heavy (non-hydrogen) atoms. The van der Waals surface area contributed by atoms with Gasteiger partial charge in [-0.3, -0.25) is 4.21 Å². The van der Waals surface area contributed by atoms with Crippen LogP contribution in [0.1, 0.15) is 5.56 Å². The summed E-state index contributed by atoms with van der Waals surface area (Å²) in [5, 5.41) is -0.490. The molecule has 0 saturated heterocycles. The van der Waals surface area contributed by atoms with E-state index in [0.717, 1.165) is 6.26 Å². The molecule has 1 rings (SSSR count). The van der Waals surface area contributed by atoms with Crippen molar-refractivity contribution in [1.29, 1.82) is 0 Å². The molecule has 0 aromatic carbocycles. The lowest BCUT2D eigenvalue weighted by Crippen LogP contribution is -2.14. The molecule has 0 aliphatic carbocycles. The summed E-state index contributed by atoms with van der Waals surface area (Å²) in [6, 6.07) is 0. The second kappa shape index (κ2) is 4.47. The van der Waals surface area contributed by atoms with Crippen LogP contribution in [0.5, 0.6) is 0 Å². The van der Waals surface area contributed by atoms with Gasteiger partial charge in [-0.1, -0.05) is 0 Å². The van der Waals surface area contributed by atoms with Crippen molar-refractivity contribution in [3.05, 3.63) is 11.8 Å². The van der Waals surface area contributed by atoms with Gasteiger partial charge in [0.15, 0.2) is 5.95 Å². The average molecular weight is 253 g/mol. The van der Waals surface area contributed by atoms with Gasteiger partial charge in [-0.15, -0.1) is 0 Å². The maximum atomic E-state index is 12.4. The van der Waals surface area contributed by atoms with E-state index < -0.39 is 27.6 Å². The lowest BCUT2D eigenvalue weighted by atomic mass is 10.3. The van der Waals surface area contributed by atoms with Crippen molar-refractivity contribution in [3.8, 4) is 0 Å². The van der Waals surface area contributed by atoms with Gasteiger partial charge in [0.05, 0.1) is 10.8 Å². The standard InChI is InChI=1S/C6H5F3N3OS.Al.2H/c1-14(13)4-3(6(7,8)9)2-11-5(10)12-4;;;/h2H,1H3,(H-,10,11,12);;;/q-1;+1;;. The van der Waals surface area contributed by atoms with Crippen molar-refractivity contribution in [1.82, 2.24) is 9.97 Å². The predicted octanol–water partition coefficient (Wildman–Crippen LogP) is 0.193. The smallest absolute Gasteiger partial charge is 0.420 e. The number of nitrogens with one attached hydrogen (secondary N) is 1. The molecule has 0 amide bonds. The van der Waals surface area contributed by atoms with Gasteiger partial charge in [0, 0.05) is 12.5 Å². The molecular weight excluding hydrogens is 246 g/mol. The number of rotatable bonds is 2. The Labute approximate surface area is 94.4 Å². The third kappa shape index (κ3) is 2.90. The molecule has 0 aliphatic rings. The highest BCUT2D eigenvalue weighted by molar-refractivity contribution is 7.84. The van der Waals surface area contributed by atoms with Crippen LogP contribution in [0, 0.1) is 0 Å². The van der Waals surface area contributed by atoms with E-state index in [9.17, 15) is 17.4 Å². The summed E-state index contributed by atoms with van der Waals surface area (Å²) < 4.78 is 51.0. The number of halogens is 3.